The first-order chi connectivity index (χ1) is 14.2. The standard InChI is InChI=1S/C21H27ClN6O/c22-17-9-23-20(26-14-3-1-13(2-4-14)25-15-10-29-11-15)27-19(17)16-8-24-28-12-21(5-6-21)7-18(16)28/h8-9,13-15,25H,1-7,10-12H2,(H,23,26,27)/t13-,14-. The minimum absolute atomic E-state index is 0.410. The zero-order chi connectivity index (χ0) is 19.4. The zero-order valence-electron chi connectivity index (χ0n) is 16.5. The van der Waals surface area contributed by atoms with Crippen LogP contribution in [0.4, 0.5) is 5.95 Å². The van der Waals surface area contributed by atoms with Crippen molar-refractivity contribution in [1.82, 2.24) is 25.1 Å². The Morgan fingerprint density at radius 1 is 1.07 bits per heavy atom. The molecule has 4 heterocycles. The van der Waals surface area contributed by atoms with Crippen molar-refractivity contribution in [3.63, 3.8) is 0 Å². The van der Waals surface area contributed by atoms with Crippen molar-refractivity contribution in [2.45, 2.75) is 69.6 Å². The van der Waals surface area contributed by atoms with Crippen LogP contribution in [0.1, 0.15) is 44.2 Å². The highest BCUT2D eigenvalue weighted by atomic mass is 35.5. The van der Waals surface area contributed by atoms with Crippen LogP contribution in [0.25, 0.3) is 11.3 Å². The van der Waals surface area contributed by atoms with Crippen molar-refractivity contribution in [3.8, 4) is 11.3 Å². The molecule has 2 aromatic heterocycles. The molecular formula is C21H27ClN6O. The van der Waals surface area contributed by atoms with Crippen molar-refractivity contribution in [2.24, 2.45) is 5.41 Å². The fourth-order valence-electron chi connectivity index (χ4n) is 5.05. The van der Waals surface area contributed by atoms with Gasteiger partial charge >= 0.3 is 0 Å². The second-order valence-corrected chi connectivity index (χ2v) is 9.73. The number of hydrogen-bond donors (Lipinski definition) is 2. The van der Waals surface area contributed by atoms with Gasteiger partial charge in [-0.1, -0.05) is 11.6 Å². The maximum Gasteiger partial charge on any atom is 0.223 e. The summed E-state index contributed by atoms with van der Waals surface area (Å²) in [4.78, 5) is 9.26. The van der Waals surface area contributed by atoms with Gasteiger partial charge in [-0.15, -0.1) is 0 Å². The number of ether oxygens (including phenoxy) is 1. The fraction of sp³-hybridized carbons (Fsp3) is 0.667. The largest absolute Gasteiger partial charge is 0.378 e. The number of hydrogen-bond acceptors (Lipinski definition) is 6. The Morgan fingerprint density at radius 3 is 2.59 bits per heavy atom. The molecule has 0 atom stereocenters. The van der Waals surface area contributed by atoms with Gasteiger partial charge in [-0.2, -0.15) is 5.10 Å². The normalized spacial score (nSPS) is 27.6. The van der Waals surface area contributed by atoms with Crippen LogP contribution in [0.5, 0.6) is 0 Å². The number of nitrogens with one attached hydrogen (secondary N) is 2. The lowest BCUT2D eigenvalue weighted by Crippen LogP contribution is -2.51. The van der Waals surface area contributed by atoms with Gasteiger partial charge in [0, 0.05) is 29.9 Å². The van der Waals surface area contributed by atoms with Crippen LogP contribution < -0.4 is 10.6 Å². The number of anilines is 1. The summed E-state index contributed by atoms with van der Waals surface area (Å²) >= 11 is 6.50. The van der Waals surface area contributed by atoms with E-state index in [1.807, 2.05) is 6.20 Å². The van der Waals surface area contributed by atoms with Gasteiger partial charge in [0.15, 0.2) is 0 Å². The maximum atomic E-state index is 6.50. The zero-order valence-corrected chi connectivity index (χ0v) is 17.3. The Balaban J connectivity index is 1.14. The van der Waals surface area contributed by atoms with Gasteiger partial charge < -0.3 is 15.4 Å². The van der Waals surface area contributed by atoms with Crippen LogP contribution in [-0.4, -0.2) is 51.1 Å². The number of aromatic nitrogens is 4. The topological polar surface area (TPSA) is 76.9 Å². The Bertz CT molecular complexity index is 914. The monoisotopic (exact) mass is 414 g/mol. The van der Waals surface area contributed by atoms with Crippen LogP contribution in [0, 0.1) is 5.41 Å². The van der Waals surface area contributed by atoms with E-state index in [2.05, 4.69) is 25.4 Å². The van der Waals surface area contributed by atoms with Crippen LogP contribution in [0.3, 0.4) is 0 Å². The molecule has 154 valence electrons. The van der Waals surface area contributed by atoms with Gasteiger partial charge in [-0.3, -0.25) is 4.68 Å². The summed E-state index contributed by atoms with van der Waals surface area (Å²) in [5, 5.41) is 12.4. The molecule has 0 unspecified atom stereocenters. The summed E-state index contributed by atoms with van der Waals surface area (Å²) in [7, 11) is 0. The van der Waals surface area contributed by atoms with E-state index in [9.17, 15) is 0 Å². The molecule has 3 fully saturated rings. The highest BCUT2D eigenvalue weighted by Crippen LogP contribution is 2.54. The van der Waals surface area contributed by atoms with Gasteiger partial charge in [-0.25, -0.2) is 9.97 Å². The van der Waals surface area contributed by atoms with Crippen molar-refractivity contribution in [1.29, 1.82) is 0 Å². The van der Waals surface area contributed by atoms with Gasteiger partial charge in [0.1, 0.15) is 0 Å². The average molecular weight is 415 g/mol. The summed E-state index contributed by atoms with van der Waals surface area (Å²) in [6.45, 7) is 2.76. The Kier molecular flexibility index (Phi) is 4.32. The smallest absolute Gasteiger partial charge is 0.223 e. The highest BCUT2D eigenvalue weighted by Gasteiger charge is 2.48. The molecule has 2 saturated carbocycles. The second kappa shape index (κ2) is 6.93. The van der Waals surface area contributed by atoms with E-state index in [4.69, 9.17) is 21.3 Å². The Labute approximate surface area is 175 Å². The van der Waals surface area contributed by atoms with E-state index in [1.54, 1.807) is 6.20 Å². The lowest BCUT2D eigenvalue weighted by molar-refractivity contribution is -0.0120. The molecule has 0 radical (unpaired) electrons. The molecule has 0 amide bonds. The Morgan fingerprint density at radius 2 is 1.86 bits per heavy atom. The highest BCUT2D eigenvalue weighted by molar-refractivity contribution is 6.32. The second-order valence-electron chi connectivity index (χ2n) is 9.32. The average Bonchev–Trinajstić information content (AvgIpc) is 3.19. The van der Waals surface area contributed by atoms with E-state index < -0.39 is 0 Å². The first-order valence-electron chi connectivity index (χ1n) is 10.9. The van der Waals surface area contributed by atoms with E-state index in [0.29, 0.717) is 34.5 Å². The van der Waals surface area contributed by atoms with Gasteiger partial charge in [0.25, 0.3) is 0 Å². The molecule has 1 spiro atoms. The predicted octanol–water partition coefficient (Wildman–Crippen LogP) is 3.04. The predicted molar refractivity (Wildman–Crippen MR) is 111 cm³/mol. The quantitative estimate of drug-likeness (QED) is 0.783. The molecule has 6 rings (SSSR count). The lowest BCUT2D eigenvalue weighted by atomic mass is 9.90. The van der Waals surface area contributed by atoms with Crippen molar-refractivity contribution in [3.05, 3.63) is 23.1 Å². The van der Waals surface area contributed by atoms with Gasteiger partial charge in [0.2, 0.25) is 5.95 Å². The van der Waals surface area contributed by atoms with Gasteiger partial charge in [0.05, 0.1) is 42.4 Å². The number of nitrogens with zero attached hydrogens (tertiary/aromatic N) is 4. The third kappa shape index (κ3) is 3.43. The van der Waals surface area contributed by atoms with Crippen molar-refractivity contribution >= 4 is 17.5 Å². The van der Waals surface area contributed by atoms with Crippen LogP contribution in [0.15, 0.2) is 12.4 Å². The van der Waals surface area contributed by atoms with Crippen molar-refractivity contribution in [2.75, 3.05) is 18.5 Å². The summed E-state index contributed by atoms with van der Waals surface area (Å²) in [5.41, 5.74) is 3.63. The first-order valence-corrected chi connectivity index (χ1v) is 11.2. The van der Waals surface area contributed by atoms with E-state index in [0.717, 1.165) is 50.3 Å². The molecule has 2 aliphatic carbocycles. The lowest BCUT2D eigenvalue weighted by Gasteiger charge is -2.35. The molecular weight excluding hydrogens is 388 g/mol. The number of rotatable bonds is 5. The molecule has 7 nitrogen and oxygen atoms in total. The van der Waals surface area contributed by atoms with E-state index in [-0.39, 0.29) is 0 Å². The molecule has 2 aromatic rings. The molecule has 8 heteroatoms. The van der Waals surface area contributed by atoms with Crippen LogP contribution in [0.2, 0.25) is 5.02 Å². The molecule has 1 saturated heterocycles. The fourth-order valence-corrected chi connectivity index (χ4v) is 5.24. The number of fused-ring (bicyclic) bond motifs is 1. The maximum absolute atomic E-state index is 6.50. The molecule has 0 aromatic carbocycles. The van der Waals surface area contributed by atoms with E-state index >= 15 is 0 Å². The number of halogens is 1. The third-order valence-corrected chi connectivity index (χ3v) is 7.38. The van der Waals surface area contributed by atoms with Crippen molar-refractivity contribution < 1.29 is 4.74 Å². The molecule has 4 aliphatic rings. The molecule has 2 aliphatic heterocycles. The van der Waals surface area contributed by atoms with Crippen LogP contribution >= 0.6 is 11.6 Å². The first kappa shape index (κ1) is 18.1. The summed E-state index contributed by atoms with van der Waals surface area (Å²) in [6, 6.07) is 1.57. The Hall–Kier alpha value is -1.70. The summed E-state index contributed by atoms with van der Waals surface area (Å²) in [5.74, 6) is 0.673. The van der Waals surface area contributed by atoms with Crippen LogP contribution in [-0.2, 0) is 17.7 Å². The summed E-state index contributed by atoms with van der Waals surface area (Å²) < 4.78 is 7.41. The summed E-state index contributed by atoms with van der Waals surface area (Å²) in [6.07, 6.45) is 12.0. The molecule has 0 bridgehead atoms. The minimum Gasteiger partial charge on any atom is -0.378 e. The third-order valence-electron chi connectivity index (χ3n) is 7.10. The minimum atomic E-state index is 0.410. The van der Waals surface area contributed by atoms with E-state index in [1.165, 1.54) is 31.4 Å². The molecule has 29 heavy (non-hydrogen) atoms. The molecule has 2 N–H and O–H groups in total. The van der Waals surface area contributed by atoms with Gasteiger partial charge in [-0.05, 0) is 50.4 Å². The SMILES string of the molecule is Clc1cnc(N[C@H]2CC[C@H](NC3COC3)CC2)nc1-c1cnn2c1CC1(CC1)C2.